The minimum atomic E-state index is 0.465. The van der Waals surface area contributed by atoms with Gasteiger partial charge < -0.3 is 5.32 Å². The molecule has 0 fully saturated rings. The van der Waals surface area contributed by atoms with Crippen LogP contribution in [0.3, 0.4) is 0 Å². The second-order valence-electron chi connectivity index (χ2n) is 6.21. The van der Waals surface area contributed by atoms with Crippen LogP contribution in [0.1, 0.15) is 56.0 Å². The van der Waals surface area contributed by atoms with E-state index in [-0.39, 0.29) is 0 Å². The van der Waals surface area contributed by atoms with Gasteiger partial charge in [-0.2, -0.15) is 11.8 Å². The number of hydrogen-bond donors (Lipinski definition) is 1. The van der Waals surface area contributed by atoms with E-state index in [0.717, 1.165) is 18.2 Å². The maximum Gasteiger partial charge on any atom is 0.0417 e. The lowest BCUT2D eigenvalue weighted by Gasteiger charge is -2.25. The number of nitrogens with one attached hydrogen (secondary N) is 1. The third-order valence-corrected chi connectivity index (χ3v) is 5.60. The van der Waals surface area contributed by atoms with Crippen LogP contribution in [0.25, 0.3) is 0 Å². The van der Waals surface area contributed by atoms with Crippen LogP contribution in [0.2, 0.25) is 0 Å². The summed E-state index contributed by atoms with van der Waals surface area (Å²) in [5.74, 6) is 1.89. The van der Waals surface area contributed by atoms with Crippen LogP contribution in [0.4, 0.5) is 0 Å². The van der Waals surface area contributed by atoms with Crippen LogP contribution >= 0.6 is 11.8 Å². The highest BCUT2D eigenvalue weighted by Gasteiger charge is 2.18. The van der Waals surface area contributed by atoms with Gasteiger partial charge >= 0.3 is 0 Å². The van der Waals surface area contributed by atoms with Crippen molar-refractivity contribution in [2.75, 3.05) is 12.3 Å². The van der Waals surface area contributed by atoms with Crippen LogP contribution in [-0.2, 0) is 0 Å². The average Bonchev–Trinajstić information content (AvgIpc) is 2.33. The zero-order valence-electron chi connectivity index (χ0n) is 14.2. The standard InChI is InChI=1S/C18H31NS/c1-8-19-17(11-20-16(7)12(2)3)18-14(5)9-13(4)10-15(18)6/h9-10,12,16-17,19H,8,11H2,1-7H3. The van der Waals surface area contributed by atoms with E-state index in [0.29, 0.717) is 11.3 Å². The van der Waals surface area contributed by atoms with Gasteiger partial charge in [-0.1, -0.05) is 45.4 Å². The van der Waals surface area contributed by atoms with Crippen molar-refractivity contribution in [2.24, 2.45) is 5.92 Å². The highest BCUT2D eigenvalue weighted by Crippen LogP contribution is 2.29. The van der Waals surface area contributed by atoms with Gasteiger partial charge in [0.1, 0.15) is 0 Å². The summed E-state index contributed by atoms with van der Waals surface area (Å²) < 4.78 is 0. The van der Waals surface area contributed by atoms with E-state index < -0.39 is 0 Å². The van der Waals surface area contributed by atoms with Crippen LogP contribution < -0.4 is 5.32 Å². The lowest BCUT2D eigenvalue weighted by atomic mass is 9.95. The lowest BCUT2D eigenvalue weighted by molar-refractivity contribution is 0.593. The van der Waals surface area contributed by atoms with Gasteiger partial charge in [-0.05, 0) is 49.9 Å². The Kier molecular flexibility index (Phi) is 7.11. The zero-order chi connectivity index (χ0) is 15.3. The van der Waals surface area contributed by atoms with Crippen molar-refractivity contribution in [1.82, 2.24) is 5.32 Å². The molecule has 114 valence electrons. The van der Waals surface area contributed by atoms with Gasteiger partial charge in [0, 0.05) is 17.0 Å². The van der Waals surface area contributed by atoms with Gasteiger partial charge in [-0.3, -0.25) is 0 Å². The molecule has 2 unspecified atom stereocenters. The first-order valence-electron chi connectivity index (χ1n) is 7.79. The van der Waals surface area contributed by atoms with Gasteiger partial charge in [-0.25, -0.2) is 0 Å². The topological polar surface area (TPSA) is 12.0 Å². The van der Waals surface area contributed by atoms with Crippen molar-refractivity contribution >= 4 is 11.8 Å². The SMILES string of the molecule is CCNC(CSC(C)C(C)C)c1c(C)cc(C)cc1C. The second-order valence-corrected chi connectivity index (χ2v) is 7.62. The quantitative estimate of drug-likeness (QED) is 0.756. The molecule has 0 bridgehead atoms. The maximum atomic E-state index is 3.67. The molecule has 0 aromatic heterocycles. The molecule has 2 heteroatoms. The molecule has 2 atom stereocenters. The Balaban J connectivity index is 2.91. The summed E-state index contributed by atoms with van der Waals surface area (Å²) in [6, 6.07) is 5.08. The maximum absolute atomic E-state index is 3.67. The Hall–Kier alpha value is -0.470. The fourth-order valence-corrected chi connectivity index (χ4v) is 3.84. The van der Waals surface area contributed by atoms with Crippen molar-refractivity contribution < 1.29 is 0 Å². The number of hydrogen-bond acceptors (Lipinski definition) is 2. The van der Waals surface area contributed by atoms with Crippen LogP contribution in [0.5, 0.6) is 0 Å². The molecule has 0 heterocycles. The molecule has 1 N–H and O–H groups in total. The Morgan fingerprint density at radius 2 is 1.60 bits per heavy atom. The second kappa shape index (κ2) is 8.09. The molecule has 1 rings (SSSR count). The van der Waals surface area contributed by atoms with Crippen molar-refractivity contribution in [1.29, 1.82) is 0 Å². The van der Waals surface area contributed by atoms with Gasteiger partial charge in [0.05, 0.1) is 0 Å². The molecule has 0 aliphatic rings. The van der Waals surface area contributed by atoms with Crippen molar-refractivity contribution in [3.8, 4) is 0 Å². The first-order chi connectivity index (χ1) is 9.36. The fourth-order valence-electron chi connectivity index (χ4n) is 2.67. The highest BCUT2D eigenvalue weighted by molar-refractivity contribution is 7.99. The molecule has 1 nitrogen and oxygen atoms in total. The van der Waals surface area contributed by atoms with Gasteiger partial charge in [0.2, 0.25) is 0 Å². The molecule has 0 radical (unpaired) electrons. The van der Waals surface area contributed by atoms with E-state index in [1.807, 2.05) is 0 Å². The molecule has 1 aromatic rings. The van der Waals surface area contributed by atoms with Crippen molar-refractivity contribution in [3.63, 3.8) is 0 Å². The van der Waals surface area contributed by atoms with Crippen LogP contribution in [-0.4, -0.2) is 17.5 Å². The first kappa shape index (κ1) is 17.6. The van der Waals surface area contributed by atoms with Crippen LogP contribution in [0, 0.1) is 26.7 Å². The molecule has 0 saturated heterocycles. The summed E-state index contributed by atoms with van der Waals surface area (Å²) in [7, 11) is 0. The molecule has 1 aromatic carbocycles. The van der Waals surface area contributed by atoms with Gasteiger partial charge in [0.15, 0.2) is 0 Å². The van der Waals surface area contributed by atoms with E-state index in [1.165, 1.54) is 22.3 Å². The number of aryl methyl sites for hydroxylation is 3. The summed E-state index contributed by atoms with van der Waals surface area (Å²) in [4.78, 5) is 0. The molecular formula is C18H31NS. The zero-order valence-corrected chi connectivity index (χ0v) is 15.0. The molecule has 0 aliphatic heterocycles. The lowest BCUT2D eigenvalue weighted by Crippen LogP contribution is -2.26. The highest BCUT2D eigenvalue weighted by atomic mass is 32.2. The predicted octanol–water partition coefficient (Wildman–Crippen LogP) is 5.04. The largest absolute Gasteiger partial charge is 0.309 e. The summed E-state index contributed by atoms with van der Waals surface area (Å²) in [6.07, 6.45) is 0. The molecular weight excluding hydrogens is 262 g/mol. The fraction of sp³-hybridized carbons (Fsp3) is 0.667. The molecule has 0 saturated carbocycles. The normalized spacial score (nSPS) is 14.6. The minimum Gasteiger partial charge on any atom is -0.309 e. The summed E-state index contributed by atoms with van der Waals surface area (Å²) in [5, 5.41) is 4.38. The monoisotopic (exact) mass is 293 g/mol. The first-order valence-corrected chi connectivity index (χ1v) is 8.84. The minimum absolute atomic E-state index is 0.465. The Morgan fingerprint density at radius 3 is 2.05 bits per heavy atom. The van der Waals surface area contributed by atoms with E-state index >= 15 is 0 Å². The van der Waals surface area contributed by atoms with E-state index in [1.54, 1.807) is 0 Å². The van der Waals surface area contributed by atoms with E-state index in [9.17, 15) is 0 Å². The Morgan fingerprint density at radius 1 is 1.05 bits per heavy atom. The number of thioether (sulfide) groups is 1. The Bertz CT molecular complexity index is 402. The van der Waals surface area contributed by atoms with E-state index in [4.69, 9.17) is 0 Å². The Labute approximate surface area is 129 Å². The van der Waals surface area contributed by atoms with Crippen LogP contribution in [0.15, 0.2) is 12.1 Å². The molecule has 0 aliphatic carbocycles. The predicted molar refractivity (Wildman–Crippen MR) is 93.8 cm³/mol. The summed E-state index contributed by atoms with van der Waals surface area (Å²) >= 11 is 2.09. The number of benzene rings is 1. The third kappa shape index (κ3) is 4.82. The third-order valence-electron chi connectivity index (χ3n) is 4.00. The van der Waals surface area contributed by atoms with Gasteiger partial charge in [-0.15, -0.1) is 0 Å². The summed E-state index contributed by atoms with van der Waals surface area (Å²) in [5.41, 5.74) is 5.71. The molecule has 0 amide bonds. The average molecular weight is 294 g/mol. The van der Waals surface area contributed by atoms with Crippen molar-refractivity contribution in [2.45, 2.75) is 59.8 Å². The summed E-state index contributed by atoms with van der Waals surface area (Å²) in [6.45, 7) is 16.8. The number of rotatable bonds is 7. The molecule has 0 spiro atoms. The molecule has 20 heavy (non-hydrogen) atoms. The van der Waals surface area contributed by atoms with Crippen molar-refractivity contribution in [3.05, 3.63) is 34.4 Å². The van der Waals surface area contributed by atoms with Gasteiger partial charge in [0.25, 0.3) is 0 Å². The van der Waals surface area contributed by atoms with E-state index in [2.05, 4.69) is 77.7 Å². The smallest absolute Gasteiger partial charge is 0.0417 e.